The Kier molecular flexibility index (Phi) is 10.2. The minimum Gasteiger partial charge on any atom is -0.496 e. The Morgan fingerprint density at radius 3 is 1.83 bits per heavy atom. The second-order valence-electron chi connectivity index (χ2n) is 1.11. The Hall–Kier alpha value is 1.06. The van der Waals surface area contributed by atoms with Gasteiger partial charge in [-0.2, -0.15) is 6.04 Å². The Morgan fingerprint density at radius 1 is 1.67 bits per heavy atom. The van der Waals surface area contributed by atoms with Crippen LogP contribution in [0.1, 0.15) is 6.92 Å². The van der Waals surface area contributed by atoms with Crippen molar-refractivity contribution >= 4 is 0 Å². The van der Waals surface area contributed by atoms with E-state index in [1.165, 1.54) is 0 Å². The molecule has 0 amide bonds. The summed E-state index contributed by atoms with van der Waals surface area (Å²) in [5, 5.41) is 2.67. The number of rotatable bonds is 1. The summed E-state index contributed by atoms with van der Waals surface area (Å²) >= 11 is 0. The zero-order valence-electron chi connectivity index (χ0n) is 4.07. The van der Waals surface area contributed by atoms with Crippen molar-refractivity contribution in [3.8, 4) is 0 Å². The van der Waals surface area contributed by atoms with E-state index in [4.69, 9.17) is 0 Å². The first-order valence-electron chi connectivity index (χ1n) is 1.63. The Labute approximate surface area is 64.8 Å². The molecular formula is C4H9NY-2. The van der Waals surface area contributed by atoms with Crippen LogP contribution >= 0.6 is 0 Å². The van der Waals surface area contributed by atoms with Crippen LogP contribution in [0.4, 0.5) is 0 Å². The molecule has 0 spiro atoms. The molecule has 0 bridgehead atoms. The van der Waals surface area contributed by atoms with E-state index in [-0.39, 0.29) is 38.8 Å². The van der Waals surface area contributed by atoms with Crippen LogP contribution in [-0.4, -0.2) is 6.04 Å². The predicted molar refractivity (Wildman–Crippen MR) is 23.3 cm³/mol. The van der Waals surface area contributed by atoms with E-state index >= 15 is 0 Å². The summed E-state index contributed by atoms with van der Waals surface area (Å²) < 4.78 is 0. The predicted octanol–water partition coefficient (Wildman–Crippen LogP) is 0.588. The van der Waals surface area contributed by atoms with Gasteiger partial charge in [0.25, 0.3) is 0 Å². The number of nitrogens with one attached hydrogen (secondary N) is 1. The molecule has 0 aromatic heterocycles. The Balaban J connectivity index is 0. The minimum absolute atomic E-state index is 0. The molecule has 0 saturated heterocycles. The molecule has 1 N–H and O–H groups in total. The van der Waals surface area contributed by atoms with Crippen molar-refractivity contribution < 1.29 is 32.7 Å². The van der Waals surface area contributed by atoms with Crippen molar-refractivity contribution in [2.24, 2.45) is 0 Å². The molecule has 0 heterocycles. The normalized spacial score (nSPS) is 12.5. The van der Waals surface area contributed by atoms with E-state index in [1.807, 2.05) is 6.92 Å². The second-order valence-corrected chi connectivity index (χ2v) is 1.11. The maximum Gasteiger partial charge on any atom is 0 e. The van der Waals surface area contributed by atoms with Crippen LogP contribution in [0.5, 0.6) is 0 Å². The molecule has 35 valence electrons. The second kappa shape index (κ2) is 6.06. The summed E-state index contributed by atoms with van der Waals surface area (Å²) in [7, 11) is 3.37. The van der Waals surface area contributed by atoms with E-state index in [1.54, 1.807) is 0 Å². The minimum atomic E-state index is 0. The van der Waals surface area contributed by atoms with Gasteiger partial charge >= 0.3 is 0 Å². The third-order valence-electron chi connectivity index (χ3n) is 0.348. The summed E-state index contributed by atoms with van der Waals surface area (Å²) in [5.41, 5.74) is 0. The average molecular weight is 160 g/mol. The van der Waals surface area contributed by atoms with Crippen molar-refractivity contribution in [2.75, 3.05) is 0 Å². The van der Waals surface area contributed by atoms with Gasteiger partial charge in [0.15, 0.2) is 0 Å². The van der Waals surface area contributed by atoms with Crippen molar-refractivity contribution in [3.05, 3.63) is 14.0 Å². The molecule has 6 heavy (non-hydrogen) atoms. The van der Waals surface area contributed by atoms with Gasteiger partial charge in [-0.05, 0) is 0 Å². The zero-order valence-corrected chi connectivity index (χ0v) is 6.91. The summed E-state index contributed by atoms with van der Waals surface area (Å²) in [5.74, 6) is 0. The molecule has 0 saturated carbocycles. The van der Waals surface area contributed by atoms with Gasteiger partial charge < -0.3 is 12.2 Å². The largest absolute Gasteiger partial charge is 0.496 e. The first-order valence-corrected chi connectivity index (χ1v) is 1.63. The quantitative estimate of drug-likeness (QED) is 0.553. The smallest absolute Gasteiger partial charge is 0 e. The summed E-state index contributed by atoms with van der Waals surface area (Å²) in [6, 6.07) is 0.273. The molecule has 0 rings (SSSR count). The molecule has 1 unspecified atom stereocenters. The van der Waals surface area contributed by atoms with Crippen molar-refractivity contribution in [1.82, 2.24) is 5.32 Å². The molecule has 0 aliphatic rings. The summed E-state index contributed by atoms with van der Waals surface area (Å²) in [6.45, 7) is 5.52. The molecule has 1 atom stereocenters. The van der Waals surface area contributed by atoms with E-state index in [9.17, 15) is 0 Å². The van der Waals surface area contributed by atoms with Crippen LogP contribution in [0.3, 0.4) is 0 Å². The van der Waals surface area contributed by atoms with Gasteiger partial charge in [-0.25, -0.2) is 0 Å². The topological polar surface area (TPSA) is 12.0 Å². The van der Waals surface area contributed by atoms with Crippen LogP contribution < -0.4 is 5.32 Å². The summed E-state index contributed by atoms with van der Waals surface area (Å²) in [4.78, 5) is 0. The molecule has 0 fully saturated rings. The maximum atomic E-state index is 3.58. The van der Waals surface area contributed by atoms with Crippen LogP contribution in [0, 0.1) is 14.0 Å². The number of hydrogen-bond donors (Lipinski definition) is 1. The van der Waals surface area contributed by atoms with Crippen molar-refractivity contribution in [1.29, 1.82) is 0 Å². The van der Waals surface area contributed by atoms with E-state index in [0.717, 1.165) is 0 Å². The van der Waals surface area contributed by atoms with Gasteiger partial charge in [-0.1, -0.05) is 6.92 Å². The molecule has 0 aliphatic carbocycles. The standard InChI is InChI=1S/C4H9N.Y/c1-4(2)5-3;/h4-5H,1,3H2,2H3;/q-2;. The average Bonchev–Trinajstić information content (AvgIpc) is 1.38. The molecule has 1 radical (unpaired) electrons. The first kappa shape index (κ1) is 10.1. The first-order chi connectivity index (χ1) is 2.27. The van der Waals surface area contributed by atoms with Crippen LogP contribution in [-0.2, 0) is 32.7 Å². The molecule has 2 heteroatoms. The molecule has 0 aromatic rings. The Morgan fingerprint density at radius 2 is 1.83 bits per heavy atom. The van der Waals surface area contributed by atoms with E-state index in [0.29, 0.717) is 0 Å². The van der Waals surface area contributed by atoms with Gasteiger partial charge in [0.1, 0.15) is 0 Å². The fourth-order valence-corrected chi connectivity index (χ4v) is 0. The zero-order chi connectivity index (χ0) is 4.28. The molecule has 0 aromatic carbocycles. The molecule has 0 aliphatic heterocycles. The van der Waals surface area contributed by atoms with Crippen molar-refractivity contribution in [2.45, 2.75) is 13.0 Å². The fraction of sp³-hybridized carbons (Fsp3) is 0.500. The van der Waals surface area contributed by atoms with Crippen LogP contribution in [0.15, 0.2) is 0 Å². The van der Waals surface area contributed by atoms with Gasteiger partial charge in [0.2, 0.25) is 0 Å². The van der Waals surface area contributed by atoms with Crippen molar-refractivity contribution in [3.63, 3.8) is 0 Å². The third-order valence-corrected chi connectivity index (χ3v) is 0.348. The molecule has 1 nitrogen and oxygen atoms in total. The van der Waals surface area contributed by atoms with Gasteiger partial charge in [-0.3, -0.25) is 7.05 Å². The summed E-state index contributed by atoms with van der Waals surface area (Å²) in [6.07, 6.45) is 0. The van der Waals surface area contributed by atoms with Gasteiger partial charge in [0.05, 0.1) is 0 Å². The van der Waals surface area contributed by atoms with Crippen LogP contribution in [0.2, 0.25) is 0 Å². The van der Waals surface area contributed by atoms with Crippen LogP contribution in [0.25, 0.3) is 0 Å². The van der Waals surface area contributed by atoms with E-state index in [2.05, 4.69) is 19.3 Å². The fourth-order valence-electron chi connectivity index (χ4n) is 0. The monoisotopic (exact) mass is 160 g/mol. The third kappa shape index (κ3) is 8.91. The van der Waals surface area contributed by atoms with Gasteiger partial charge in [-0.15, -0.1) is 0 Å². The van der Waals surface area contributed by atoms with E-state index < -0.39 is 0 Å². The van der Waals surface area contributed by atoms with Gasteiger partial charge in [0, 0.05) is 32.7 Å². The Bertz CT molecular complexity index is 21.5. The number of hydrogen-bond acceptors (Lipinski definition) is 1. The SMILES string of the molecule is [CH2-]NC([CH2-])C.[Y]. The maximum absolute atomic E-state index is 3.58. The molecular weight excluding hydrogens is 151 g/mol.